The molecular weight excluding hydrogens is 182 g/mol. The highest BCUT2D eigenvalue weighted by atomic mass is 14.9. The molecule has 1 rings (SSSR count). The zero-order chi connectivity index (χ0) is 11.1. The first-order chi connectivity index (χ1) is 7.24. The van der Waals surface area contributed by atoms with E-state index in [1.54, 1.807) is 0 Å². The SMILES string of the molecule is C#CC(C)NCCC(C)c1ccccc1. The van der Waals surface area contributed by atoms with Crippen LogP contribution in [0, 0.1) is 12.3 Å². The summed E-state index contributed by atoms with van der Waals surface area (Å²) in [6.07, 6.45) is 6.41. The summed E-state index contributed by atoms with van der Waals surface area (Å²) in [5.74, 6) is 3.25. The second kappa shape index (κ2) is 6.27. The van der Waals surface area contributed by atoms with Gasteiger partial charge in [0.1, 0.15) is 0 Å². The molecule has 1 nitrogen and oxygen atoms in total. The van der Waals surface area contributed by atoms with Crippen LogP contribution in [-0.4, -0.2) is 12.6 Å². The maximum Gasteiger partial charge on any atom is 0.0658 e. The van der Waals surface area contributed by atoms with Crippen molar-refractivity contribution in [3.8, 4) is 12.3 Å². The van der Waals surface area contributed by atoms with Gasteiger partial charge in [0.15, 0.2) is 0 Å². The number of hydrogen-bond acceptors (Lipinski definition) is 1. The Hall–Kier alpha value is -1.26. The van der Waals surface area contributed by atoms with Gasteiger partial charge in [-0.05, 0) is 31.4 Å². The van der Waals surface area contributed by atoms with Gasteiger partial charge in [-0.25, -0.2) is 0 Å². The van der Waals surface area contributed by atoms with Crippen molar-refractivity contribution < 1.29 is 0 Å². The van der Waals surface area contributed by atoms with Gasteiger partial charge < -0.3 is 5.32 Å². The minimum Gasteiger partial charge on any atom is -0.304 e. The zero-order valence-electron chi connectivity index (χ0n) is 9.53. The van der Waals surface area contributed by atoms with Crippen molar-refractivity contribution in [2.45, 2.75) is 32.2 Å². The van der Waals surface area contributed by atoms with Crippen LogP contribution in [0.1, 0.15) is 31.7 Å². The number of benzene rings is 1. The third kappa shape index (κ3) is 4.18. The zero-order valence-corrected chi connectivity index (χ0v) is 9.53. The standard InChI is InChI=1S/C14H19N/c1-4-13(3)15-11-10-12(2)14-8-6-5-7-9-14/h1,5-9,12-13,15H,10-11H2,2-3H3. The van der Waals surface area contributed by atoms with E-state index in [0.29, 0.717) is 5.92 Å². The Morgan fingerprint density at radius 1 is 1.27 bits per heavy atom. The second-order valence-corrected chi connectivity index (χ2v) is 3.94. The van der Waals surface area contributed by atoms with Crippen LogP contribution in [-0.2, 0) is 0 Å². The van der Waals surface area contributed by atoms with Gasteiger partial charge in [-0.3, -0.25) is 0 Å². The fourth-order valence-electron chi connectivity index (χ4n) is 1.52. The average Bonchev–Trinajstić information content (AvgIpc) is 2.29. The maximum atomic E-state index is 5.29. The van der Waals surface area contributed by atoms with Crippen LogP contribution in [0.5, 0.6) is 0 Å². The quantitative estimate of drug-likeness (QED) is 0.722. The van der Waals surface area contributed by atoms with E-state index >= 15 is 0 Å². The summed E-state index contributed by atoms with van der Waals surface area (Å²) in [7, 11) is 0. The minimum atomic E-state index is 0.174. The van der Waals surface area contributed by atoms with Gasteiger partial charge in [0.25, 0.3) is 0 Å². The molecule has 0 saturated carbocycles. The molecule has 0 spiro atoms. The Bertz CT molecular complexity index is 310. The molecular formula is C14H19N. The molecule has 2 unspecified atom stereocenters. The number of hydrogen-bond donors (Lipinski definition) is 1. The molecule has 1 N–H and O–H groups in total. The second-order valence-electron chi connectivity index (χ2n) is 3.94. The minimum absolute atomic E-state index is 0.174. The van der Waals surface area contributed by atoms with Crippen molar-refractivity contribution in [3.05, 3.63) is 35.9 Å². The first-order valence-corrected chi connectivity index (χ1v) is 5.48. The lowest BCUT2D eigenvalue weighted by Gasteiger charge is -2.13. The van der Waals surface area contributed by atoms with Crippen LogP contribution in [0.2, 0.25) is 0 Å². The van der Waals surface area contributed by atoms with E-state index < -0.39 is 0 Å². The predicted octanol–water partition coefficient (Wildman–Crippen LogP) is 2.79. The molecule has 0 heterocycles. The van der Waals surface area contributed by atoms with Crippen LogP contribution in [0.15, 0.2) is 30.3 Å². The molecule has 0 saturated heterocycles. The third-order valence-corrected chi connectivity index (χ3v) is 2.65. The topological polar surface area (TPSA) is 12.0 Å². The Morgan fingerprint density at radius 2 is 1.93 bits per heavy atom. The van der Waals surface area contributed by atoms with Crippen LogP contribution in [0.3, 0.4) is 0 Å². The first kappa shape index (κ1) is 11.8. The highest BCUT2D eigenvalue weighted by molar-refractivity contribution is 5.18. The molecule has 0 aliphatic carbocycles. The van der Waals surface area contributed by atoms with E-state index in [0.717, 1.165) is 13.0 Å². The predicted molar refractivity (Wildman–Crippen MR) is 65.8 cm³/mol. The van der Waals surface area contributed by atoms with Gasteiger partial charge in [0, 0.05) is 0 Å². The van der Waals surface area contributed by atoms with Crippen molar-refractivity contribution in [3.63, 3.8) is 0 Å². The van der Waals surface area contributed by atoms with E-state index in [1.807, 2.05) is 6.92 Å². The summed E-state index contributed by atoms with van der Waals surface area (Å²) in [5.41, 5.74) is 1.40. The Labute approximate surface area is 92.9 Å². The fourth-order valence-corrected chi connectivity index (χ4v) is 1.52. The Morgan fingerprint density at radius 3 is 2.53 bits per heavy atom. The van der Waals surface area contributed by atoms with Crippen LogP contribution < -0.4 is 5.32 Å². The smallest absolute Gasteiger partial charge is 0.0658 e. The van der Waals surface area contributed by atoms with E-state index in [4.69, 9.17) is 6.42 Å². The van der Waals surface area contributed by atoms with Crippen molar-refractivity contribution >= 4 is 0 Å². The van der Waals surface area contributed by atoms with Gasteiger partial charge in [-0.1, -0.05) is 43.2 Å². The Kier molecular flexibility index (Phi) is 4.93. The number of rotatable bonds is 5. The van der Waals surface area contributed by atoms with Crippen LogP contribution in [0.25, 0.3) is 0 Å². The van der Waals surface area contributed by atoms with Crippen LogP contribution >= 0.6 is 0 Å². The van der Waals surface area contributed by atoms with Gasteiger partial charge in [-0.2, -0.15) is 0 Å². The number of nitrogens with one attached hydrogen (secondary N) is 1. The maximum absolute atomic E-state index is 5.29. The van der Waals surface area contributed by atoms with Crippen LogP contribution in [0.4, 0.5) is 0 Å². The molecule has 0 bridgehead atoms. The largest absolute Gasteiger partial charge is 0.304 e. The molecule has 2 atom stereocenters. The summed E-state index contributed by atoms with van der Waals surface area (Å²) in [6.45, 7) is 5.23. The summed E-state index contributed by atoms with van der Waals surface area (Å²) >= 11 is 0. The van der Waals surface area contributed by atoms with Crippen molar-refractivity contribution in [2.24, 2.45) is 0 Å². The highest BCUT2D eigenvalue weighted by Gasteiger charge is 2.04. The van der Waals surface area contributed by atoms with Crippen molar-refractivity contribution in [1.82, 2.24) is 5.32 Å². The molecule has 1 aromatic carbocycles. The molecule has 0 amide bonds. The summed E-state index contributed by atoms with van der Waals surface area (Å²) in [4.78, 5) is 0. The molecule has 80 valence electrons. The molecule has 1 heteroatoms. The van der Waals surface area contributed by atoms with E-state index in [9.17, 15) is 0 Å². The molecule has 0 aliphatic heterocycles. The van der Waals surface area contributed by atoms with Crippen molar-refractivity contribution in [1.29, 1.82) is 0 Å². The average molecular weight is 201 g/mol. The normalized spacial score (nSPS) is 14.2. The van der Waals surface area contributed by atoms with Gasteiger partial charge in [0.05, 0.1) is 6.04 Å². The Balaban J connectivity index is 2.32. The monoisotopic (exact) mass is 201 g/mol. The lowest BCUT2D eigenvalue weighted by atomic mass is 9.98. The van der Waals surface area contributed by atoms with Gasteiger partial charge >= 0.3 is 0 Å². The number of terminal acetylenes is 1. The molecule has 0 aliphatic rings. The third-order valence-electron chi connectivity index (χ3n) is 2.65. The van der Waals surface area contributed by atoms with E-state index in [1.165, 1.54) is 5.56 Å². The molecule has 0 radical (unpaired) electrons. The van der Waals surface area contributed by atoms with Crippen molar-refractivity contribution in [2.75, 3.05) is 6.54 Å². The summed E-state index contributed by atoms with van der Waals surface area (Å²) < 4.78 is 0. The lowest BCUT2D eigenvalue weighted by molar-refractivity contribution is 0.574. The van der Waals surface area contributed by atoms with E-state index in [-0.39, 0.29) is 6.04 Å². The van der Waals surface area contributed by atoms with Gasteiger partial charge in [0.2, 0.25) is 0 Å². The highest BCUT2D eigenvalue weighted by Crippen LogP contribution is 2.17. The fraction of sp³-hybridized carbons (Fsp3) is 0.429. The van der Waals surface area contributed by atoms with Gasteiger partial charge in [-0.15, -0.1) is 6.42 Å². The summed E-state index contributed by atoms with van der Waals surface area (Å²) in [6, 6.07) is 10.7. The molecule has 0 aromatic heterocycles. The molecule has 0 fully saturated rings. The van der Waals surface area contributed by atoms with E-state index in [2.05, 4.69) is 48.5 Å². The molecule has 15 heavy (non-hydrogen) atoms. The first-order valence-electron chi connectivity index (χ1n) is 5.48. The molecule has 1 aromatic rings. The summed E-state index contributed by atoms with van der Waals surface area (Å²) in [5, 5.41) is 3.30. The lowest BCUT2D eigenvalue weighted by Crippen LogP contribution is -2.26.